The Balaban J connectivity index is 1.51. The van der Waals surface area contributed by atoms with Crippen LogP contribution in [0.5, 0.6) is 11.5 Å². The van der Waals surface area contributed by atoms with E-state index in [0.29, 0.717) is 22.9 Å². The number of nitrogens with zero attached hydrogens (tertiary/aromatic N) is 1. The quantitative estimate of drug-likeness (QED) is 0.832. The topological polar surface area (TPSA) is 50.8 Å². The van der Waals surface area contributed by atoms with Crippen LogP contribution in [0.1, 0.15) is 35.4 Å². The zero-order valence-electron chi connectivity index (χ0n) is 15.8. The largest absolute Gasteiger partial charge is 0.573 e. The van der Waals surface area contributed by atoms with E-state index in [1.807, 2.05) is 12.1 Å². The lowest BCUT2D eigenvalue weighted by Crippen LogP contribution is -2.49. The summed E-state index contributed by atoms with van der Waals surface area (Å²) >= 11 is 0. The van der Waals surface area contributed by atoms with E-state index in [0.717, 1.165) is 25.3 Å². The summed E-state index contributed by atoms with van der Waals surface area (Å²) in [6.45, 7) is 4.74. The monoisotopic (exact) mass is 406 g/mol. The number of carbonyl (C=O) groups is 1. The molecule has 29 heavy (non-hydrogen) atoms. The van der Waals surface area contributed by atoms with Gasteiger partial charge in [-0.1, -0.05) is 12.1 Å². The highest BCUT2D eigenvalue weighted by molar-refractivity contribution is 6.01. The van der Waals surface area contributed by atoms with E-state index >= 15 is 0 Å². The van der Waals surface area contributed by atoms with Crippen LogP contribution < -0.4 is 19.7 Å². The number of carbonyl (C=O) groups excluding carboxylic acids is 1. The van der Waals surface area contributed by atoms with Crippen molar-refractivity contribution in [2.75, 3.05) is 24.5 Å². The molecule has 5 nitrogen and oxygen atoms in total. The fourth-order valence-corrected chi connectivity index (χ4v) is 3.75. The van der Waals surface area contributed by atoms with E-state index in [9.17, 15) is 18.0 Å². The van der Waals surface area contributed by atoms with Crippen molar-refractivity contribution >= 4 is 11.5 Å². The second-order valence-electron chi connectivity index (χ2n) is 7.33. The van der Waals surface area contributed by atoms with Crippen LogP contribution in [0.15, 0.2) is 42.5 Å². The van der Waals surface area contributed by atoms with Gasteiger partial charge in [0, 0.05) is 31.4 Å². The van der Waals surface area contributed by atoms with Crippen molar-refractivity contribution < 1.29 is 27.4 Å². The predicted molar refractivity (Wildman–Crippen MR) is 102 cm³/mol. The molecule has 1 fully saturated rings. The summed E-state index contributed by atoms with van der Waals surface area (Å²) in [6.07, 6.45) is -5.15. The molecule has 4 rings (SSSR count). The van der Waals surface area contributed by atoms with Crippen LogP contribution in [0.25, 0.3) is 0 Å². The molecule has 0 amide bonds. The Morgan fingerprint density at radius 3 is 2.62 bits per heavy atom. The molecule has 0 spiro atoms. The lowest BCUT2D eigenvalue weighted by molar-refractivity contribution is -0.274. The highest BCUT2D eigenvalue weighted by Gasteiger charge is 2.32. The number of Topliss-reactive ketones (excluding diaryl/α,β-unsaturated/α-hetero) is 1. The number of fused-ring (bicyclic) bond motifs is 1. The number of halogens is 3. The molecule has 154 valence electrons. The molecule has 0 bridgehead atoms. The van der Waals surface area contributed by atoms with E-state index in [4.69, 9.17) is 4.74 Å². The van der Waals surface area contributed by atoms with Gasteiger partial charge in [-0.15, -0.1) is 13.2 Å². The molecule has 2 aliphatic rings. The molecule has 1 N–H and O–H groups in total. The highest BCUT2D eigenvalue weighted by Crippen LogP contribution is 2.37. The van der Waals surface area contributed by atoms with Crippen LogP contribution in [0.4, 0.5) is 18.9 Å². The number of hydrogen-bond acceptors (Lipinski definition) is 5. The summed E-state index contributed by atoms with van der Waals surface area (Å²) < 4.78 is 46.8. The van der Waals surface area contributed by atoms with Gasteiger partial charge in [-0.2, -0.15) is 0 Å². The minimum absolute atomic E-state index is 0.0445. The van der Waals surface area contributed by atoms with Gasteiger partial charge in [0.05, 0.1) is 12.0 Å². The number of piperazine rings is 1. The van der Waals surface area contributed by atoms with Gasteiger partial charge in [-0.05, 0) is 42.8 Å². The van der Waals surface area contributed by atoms with Crippen LogP contribution in [-0.2, 0) is 0 Å². The van der Waals surface area contributed by atoms with Gasteiger partial charge in [0.25, 0.3) is 0 Å². The van der Waals surface area contributed by atoms with Crippen molar-refractivity contribution in [3.8, 4) is 11.5 Å². The summed E-state index contributed by atoms with van der Waals surface area (Å²) in [4.78, 5) is 15.0. The first-order chi connectivity index (χ1) is 13.8. The first kappa shape index (κ1) is 19.6. The maximum atomic E-state index is 12.7. The Morgan fingerprint density at radius 2 is 1.93 bits per heavy atom. The van der Waals surface area contributed by atoms with E-state index in [2.05, 4.69) is 21.9 Å². The number of anilines is 1. The molecule has 1 saturated heterocycles. The molecule has 0 radical (unpaired) electrons. The Morgan fingerprint density at radius 1 is 1.17 bits per heavy atom. The van der Waals surface area contributed by atoms with E-state index in [1.165, 1.54) is 24.3 Å². The van der Waals surface area contributed by atoms with Gasteiger partial charge < -0.3 is 19.7 Å². The summed E-state index contributed by atoms with van der Waals surface area (Å²) in [5.74, 6) is 0.143. The Bertz CT molecular complexity index is 899. The fraction of sp³-hybridized carbons (Fsp3) is 0.381. The van der Waals surface area contributed by atoms with Crippen molar-refractivity contribution in [2.45, 2.75) is 31.9 Å². The summed E-state index contributed by atoms with van der Waals surface area (Å²) in [5, 5.41) is 3.39. The van der Waals surface area contributed by atoms with Gasteiger partial charge in [0.1, 0.15) is 17.6 Å². The van der Waals surface area contributed by atoms with Crippen LogP contribution in [0.2, 0.25) is 0 Å². The number of ketones is 1. The van der Waals surface area contributed by atoms with Gasteiger partial charge >= 0.3 is 6.36 Å². The normalized spacial score (nSPS) is 22.1. The van der Waals surface area contributed by atoms with Gasteiger partial charge in [-0.3, -0.25) is 4.79 Å². The predicted octanol–water partition coefficient (Wildman–Crippen LogP) is 4.09. The third-order valence-corrected chi connectivity index (χ3v) is 5.12. The molecule has 2 atom stereocenters. The van der Waals surface area contributed by atoms with Crippen LogP contribution in [-0.4, -0.2) is 37.8 Å². The number of rotatable bonds is 3. The minimum Gasteiger partial charge on any atom is -0.484 e. The third-order valence-electron chi connectivity index (χ3n) is 5.12. The van der Waals surface area contributed by atoms with Gasteiger partial charge in [0.2, 0.25) is 0 Å². The summed E-state index contributed by atoms with van der Waals surface area (Å²) in [7, 11) is 0. The molecule has 0 aromatic heterocycles. The van der Waals surface area contributed by atoms with E-state index in [-0.39, 0.29) is 18.0 Å². The van der Waals surface area contributed by atoms with Crippen LogP contribution in [0, 0.1) is 0 Å². The highest BCUT2D eigenvalue weighted by atomic mass is 19.4. The number of ether oxygens (including phenoxy) is 2. The van der Waals surface area contributed by atoms with E-state index < -0.39 is 12.5 Å². The van der Waals surface area contributed by atoms with E-state index in [1.54, 1.807) is 6.07 Å². The molecule has 2 aromatic carbocycles. The number of benzene rings is 2. The van der Waals surface area contributed by atoms with Crippen LogP contribution in [0.3, 0.4) is 0 Å². The minimum atomic E-state index is -4.74. The van der Waals surface area contributed by atoms with Crippen LogP contribution >= 0.6 is 0 Å². The average molecular weight is 406 g/mol. The average Bonchev–Trinajstić information content (AvgIpc) is 2.67. The Hall–Kier alpha value is -2.74. The second-order valence-corrected chi connectivity index (χ2v) is 7.33. The molecule has 0 saturated carbocycles. The molecule has 8 heteroatoms. The van der Waals surface area contributed by atoms with Crippen molar-refractivity contribution in [1.29, 1.82) is 0 Å². The number of hydrogen-bond donors (Lipinski definition) is 1. The van der Waals surface area contributed by atoms with Crippen molar-refractivity contribution in [3.05, 3.63) is 53.6 Å². The molecule has 0 aliphatic carbocycles. The lowest BCUT2D eigenvalue weighted by Gasteiger charge is -2.34. The first-order valence-electron chi connectivity index (χ1n) is 9.46. The molecule has 2 aromatic rings. The Kier molecular flexibility index (Phi) is 5.12. The third kappa shape index (κ3) is 4.48. The lowest BCUT2D eigenvalue weighted by atomic mass is 9.95. The van der Waals surface area contributed by atoms with Gasteiger partial charge in [0.15, 0.2) is 5.78 Å². The molecule has 2 aliphatic heterocycles. The zero-order valence-corrected chi connectivity index (χ0v) is 15.8. The smallest absolute Gasteiger partial charge is 0.484 e. The summed E-state index contributed by atoms with van der Waals surface area (Å²) in [6, 6.07) is 11.4. The van der Waals surface area contributed by atoms with Gasteiger partial charge in [-0.25, -0.2) is 0 Å². The molecular formula is C21H21F3N2O3. The maximum absolute atomic E-state index is 12.7. The summed E-state index contributed by atoms with van der Waals surface area (Å²) in [5.41, 5.74) is 2.15. The maximum Gasteiger partial charge on any atom is 0.573 e. The van der Waals surface area contributed by atoms with Crippen molar-refractivity contribution in [1.82, 2.24) is 5.32 Å². The second kappa shape index (κ2) is 7.59. The van der Waals surface area contributed by atoms with Crippen molar-refractivity contribution in [3.63, 3.8) is 0 Å². The molecule has 2 heterocycles. The number of alkyl halides is 3. The first-order valence-corrected chi connectivity index (χ1v) is 9.46. The SMILES string of the molecule is C[C@H]1CN(c2ccc3c(c2)C(=O)CC(c2ccc(OC(F)(F)F)cc2)O3)CCN1. The molecular weight excluding hydrogens is 385 g/mol. The zero-order chi connectivity index (χ0) is 20.6. The molecule has 1 unspecified atom stereocenters. The standard InChI is InChI=1S/C21H21F3N2O3/c1-13-12-26(9-8-25-13)15-4-7-19-17(10-15)18(27)11-20(28-19)14-2-5-16(6-3-14)29-21(22,23)24/h2-7,10,13,20,25H,8-9,11-12H2,1H3/t13-,20?/m0/s1. The Labute approximate surface area is 166 Å². The van der Waals surface area contributed by atoms with Crippen molar-refractivity contribution in [2.24, 2.45) is 0 Å². The number of nitrogens with one attached hydrogen (secondary N) is 1. The fourth-order valence-electron chi connectivity index (χ4n) is 3.75.